The summed E-state index contributed by atoms with van der Waals surface area (Å²) in [6.07, 6.45) is 15.2. The third kappa shape index (κ3) is 2.52. The second kappa shape index (κ2) is 5.19. The molecule has 0 spiro atoms. The third-order valence-electron chi connectivity index (χ3n) is 4.69. The van der Waals surface area contributed by atoms with Gasteiger partial charge in [0, 0.05) is 0 Å². The summed E-state index contributed by atoms with van der Waals surface area (Å²) < 4.78 is 0. The molecule has 0 amide bonds. The lowest BCUT2D eigenvalue weighted by atomic mass is 9.65. The first-order valence-corrected chi connectivity index (χ1v) is 6.88. The highest BCUT2D eigenvalue weighted by Crippen LogP contribution is 2.44. The molecule has 2 fully saturated rings. The lowest BCUT2D eigenvalue weighted by Gasteiger charge is -2.41. The van der Waals surface area contributed by atoms with Crippen LogP contribution in [0.5, 0.6) is 0 Å². The van der Waals surface area contributed by atoms with Crippen LogP contribution in [0.3, 0.4) is 0 Å². The zero-order valence-electron chi connectivity index (χ0n) is 9.80. The Morgan fingerprint density at radius 2 is 1.29 bits per heavy atom. The van der Waals surface area contributed by atoms with E-state index >= 15 is 0 Å². The van der Waals surface area contributed by atoms with E-state index in [9.17, 15) is 0 Å². The highest BCUT2D eigenvalue weighted by atomic mass is 14.4. The summed E-state index contributed by atoms with van der Waals surface area (Å²) >= 11 is 0. The zero-order chi connectivity index (χ0) is 9.80. The first kappa shape index (κ1) is 10.5. The van der Waals surface area contributed by atoms with Gasteiger partial charge in [0.25, 0.3) is 0 Å². The van der Waals surface area contributed by atoms with E-state index in [0.717, 1.165) is 17.8 Å². The highest BCUT2D eigenvalue weighted by Gasteiger charge is 2.33. The van der Waals surface area contributed by atoms with Gasteiger partial charge in [0.2, 0.25) is 0 Å². The van der Waals surface area contributed by atoms with E-state index in [1.165, 1.54) is 44.9 Å². The maximum Gasteiger partial charge on any atom is -0.0360 e. The Balaban J connectivity index is 1.83. The molecule has 0 heteroatoms. The fourth-order valence-corrected chi connectivity index (χ4v) is 3.50. The van der Waals surface area contributed by atoms with Crippen LogP contribution in [-0.4, -0.2) is 0 Å². The van der Waals surface area contributed by atoms with Gasteiger partial charge in [-0.3, -0.25) is 0 Å². The maximum atomic E-state index is 2.51. The van der Waals surface area contributed by atoms with Crippen LogP contribution in [0.4, 0.5) is 0 Å². The van der Waals surface area contributed by atoms with Gasteiger partial charge in [-0.25, -0.2) is 0 Å². The van der Waals surface area contributed by atoms with E-state index in [2.05, 4.69) is 6.92 Å². The Hall–Kier alpha value is 0. The summed E-state index contributed by atoms with van der Waals surface area (Å²) in [7, 11) is 0. The maximum absolute atomic E-state index is 2.51. The molecule has 2 aliphatic rings. The van der Waals surface area contributed by atoms with Crippen molar-refractivity contribution in [2.75, 3.05) is 0 Å². The first-order chi connectivity index (χ1) is 6.88. The summed E-state index contributed by atoms with van der Waals surface area (Å²) in [5.74, 6) is 3.28. The largest absolute Gasteiger partial charge is 0.0622 e. The predicted octanol–water partition coefficient (Wildman–Crippen LogP) is 4.78. The number of hydrogen-bond acceptors (Lipinski definition) is 0. The lowest BCUT2D eigenvalue weighted by molar-refractivity contribution is 0.0968. The van der Waals surface area contributed by atoms with Crippen LogP contribution in [0, 0.1) is 17.8 Å². The van der Waals surface area contributed by atoms with Crippen LogP contribution < -0.4 is 0 Å². The van der Waals surface area contributed by atoms with Crippen LogP contribution in [-0.2, 0) is 0 Å². The molecular formula is C14H26. The summed E-state index contributed by atoms with van der Waals surface area (Å²) in [6, 6.07) is 0. The molecule has 82 valence electrons. The molecular weight excluding hydrogens is 168 g/mol. The zero-order valence-corrected chi connectivity index (χ0v) is 9.80. The monoisotopic (exact) mass is 194 g/mol. The Kier molecular flexibility index (Phi) is 3.89. The number of rotatable bonds is 0. The molecule has 0 aromatic heterocycles. The van der Waals surface area contributed by atoms with Crippen LogP contribution in [0.2, 0.25) is 0 Å². The Labute approximate surface area is 89.5 Å². The van der Waals surface area contributed by atoms with Crippen molar-refractivity contribution in [2.45, 2.75) is 71.1 Å². The Morgan fingerprint density at radius 1 is 0.643 bits per heavy atom. The van der Waals surface area contributed by atoms with Gasteiger partial charge in [-0.05, 0) is 30.6 Å². The minimum Gasteiger partial charge on any atom is -0.0622 e. The molecule has 0 nitrogen and oxygen atoms in total. The highest BCUT2D eigenvalue weighted by molar-refractivity contribution is 4.84. The average Bonchev–Trinajstić information content (AvgIpc) is 2.14. The van der Waals surface area contributed by atoms with Crippen LogP contribution in [0.25, 0.3) is 0 Å². The van der Waals surface area contributed by atoms with Crippen LogP contribution in [0.15, 0.2) is 0 Å². The molecule has 3 atom stereocenters. The van der Waals surface area contributed by atoms with Crippen molar-refractivity contribution in [2.24, 2.45) is 17.8 Å². The van der Waals surface area contributed by atoms with Gasteiger partial charge in [-0.15, -0.1) is 0 Å². The third-order valence-corrected chi connectivity index (χ3v) is 4.69. The number of fused-ring (bicyclic) bond motifs is 1. The second-order valence-electron chi connectivity index (χ2n) is 5.68. The van der Waals surface area contributed by atoms with Crippen molar-refractivity contribution in [3.8, 4) is 0 Å². The van der Waals surface area contributed by atoms with E-state index in [0.29, 0.717) is 0 Å². The molecule has 0 radical (unpaired) electrons. The summed E-state index contributed by atoms with van der Waals surface area (Å²) in [6.45, 7) is 2.51. The molecule has 2 aliphatic carbocycles. The van der Waals surface area contributed by atoms with Crippen molar-refractivity contribution < 1.29 is 0 Å². The molecule has 0 bridgehead atoms. The van der Waals surface area contributed by atoms with Crippen molar-refractivity contribution in [1.82, 2.24) is 0 Å². The molecule has 0 aromatic rings. The fourth-order valence-electron chi connectivity index (χ4n) is 3.50. The molecule has 0 N–H and O–H groups in total. The molecule has 0 aromatic carbocycles. The summed E-state index contributed by atoms with van der Waals surface area (Å²) in [5, 5.41) is 0. The summed E-state index contributed by atoms with van der Waals surface area (Å²) in [4.78, 5) is 0. The van der Waals surface area contributed by atoms with E-state index in [-0.39, 0.29) is 0 Å². The molecule has 0 saturated heterocycles. The molecule has 2 rings (SSSR count). The molecule has 2 saturated carbocycles. The SMILES string of the molecule is CC1CCCCCCCCC2CCC12. The topological polar surface area (TPSA) is 0 Å². The van der Waals surface area contributed by atoms with Crippen molar-refractivity contribution in [3.05, 3.63) is 0 Å². The molecule has 0 aliphatic heterocycles. The van der Waals surface area contributed by atoms with Crippen LogP contribution >= 0.6 is 0 Å². The molecule has 14 heavy (non-hydrogen) atoms. The Morgan fingerprint density at radius 3 is 1.93 bits per heavy atom. The lowest BCUT2D eigenvalue weighted by Crippen LogP contribution is -2.31. The van der Waals surface area contributed by atoms with Gasteiger partial charge in [0.05, 0.1) is 0 Å². The molecule has 0 heterocycles. The minimum absolute atomic E-state index is 1.03. The average molecular weight is 194 g/mol. The van der Waals surface area contributed by atoms with E-state index in [4.69, 9.17) is 0 Å². The smallest absolute Gasteiger partial charge is 0.0360 e. The van der Waals surface area contributed by atoms with Gasteiger partial charge in [0.1, 0.15) is 0 Å². The van der Waals surface area contributed by atoms with Gasteiger partial charge >= 0.3 is 0 Å². The quantitative estimate of drug-likeness (QED) is 0.520. The van der Waals surface area contributed by atoms with Crippen molar-refractivity contribution in [1.29, 1.82) is 0 Å². The normalized spacial score (nSPS) is 40.5. The number of hydrogen-bond donors (Lipinski definition) is 0. The van der Waals surface area contributed by atoms with Crippen LogP contribution in [0.1, 0.15) is 71.1 Å². The Bertz CT molecular complexity index is 149. The van der Waals surface area contributed by atoms with E-state index in [1.807, 2.05) is 0 Å². The van der Waals surface area contributed by atoms with Crippen molar-refractivity contribution in [3.63, 3.8) is 0 Å². The minimum atomic E-state index is 1.03. The summed E-state index contributed by atoms with van der Waals surface area (Å²) in [5.41, 5.74) is 0. The van der Waals surface area contributed by atoms with E-state index < -0.39 is 0 Å². The van der Waals surface area contributed by atoms with Gasteiger partial charge in [-0.2, -0.15) is 0 Å². The fraction of sp³-hybridized carbons (Fsp3) is 1.00. The first-order valence-electron chi connectivity index (χ1n) is 6.88. The van der Waals surface area contributed by atoms with Gasteiger partial charge in [-0.1, -0.05) is 58.3 Å². The van der Waals surface area contributed by atoms with Gasteiger partial charge < -0.3 is 0 Å². The standard InChI is InChI=1S/C14H26/c1-12-8-6-4-2-3-5-7-9-13-10-11-14(12)13/h12-14H,2-11H2,1H3. The predicted molar refractivity (Wildman–Crippen MR) is 62.3 cm³/mol. The van der Waals surface area contributed by atoms with Crippen molar-refractivity contribution >= 4 is 0 Å². The molecule has 3 unspecified atom stereocenters. The second-order valence-corrected chi connectivity index (χ2v) is 5.68. The van der Waals surface area contributed by atoms with E-state index in [1.54, 1.807) is 19.3 Å². The van der Waals surface area contributed by atoms with Gasteiger partial charge in [0.15, 0.2) is 0 Å².